The maximum absolute atomic E-state index is 12.8. The molecule has 1 aliphatic carbocycles. The highest BCUT2D eigenvalue weighted by atomic mass is 32.2. The summed E-state index contributed by atoms with van der Waals surface area (Å²) in [6.07, 6.45) is 6.40. The fourth-order valence-corrected chi connectivity index (χ4v) is 6.51. The lowest BCUT2D eigenvalue weighted by molar-refractivity contribution is -0.122. The van der Waals surface area contributed by atoms with Gasteiger partial charge >= 0.3 is 0 Å². The summed E-state index contributed by atoms with van der Waals surface area (Å²) in [4.78, 5) is 18.9. The van der Waals surface area contributed by atoms with Crippen molar-refractivity contribution >= 4 is 51.7 Å². The van der Waals surface area contributed by atoms with Crippen molar-refractivity contribution in [1.29, 1.82) is 0 Å². The third-order valence-electron chi connectivity index (χ3n) is 5.25. The van der Waals surface area contributed by atoms with Gasteiger partial charge in [0.25, 0.3) is 5.91 Å². The predicted molar refractivity (Wildman–Crippen MR) is 124 cm³/mol. The number of allylic oxidation sites excluding steroid dienone is 4. The molecule has 0 saturated carbocycles. The molecule has 1 aromatic carbocycles. The van der Waals surface area contributed by atoms with Crippen LogP contribution in [0.2, 0.25) is 0 Å². The Morgan fingerprint density at radius 3 is 2.64 bits per heavy atom. The number of carbonyl (C=O) groups is 1. The molecule has 4 rings (SSSR count). The van der Waals surface area contributed by atoms with Crippen LogP contribution in [-0.4, -0.2) is 28.7 Å². The number of amides is 1. The van der Waals surface area contributed by atoms with E-state index in [2.05, 4.69) is 62.2 Å². The minimum Gasteiger partial charge on any atom is -0.338 e. The van der Waals surface area contributed by atoms with Gasteiger partial charge in [0.15, 0.2) is 0 Å². The SMILES string of the molecule is CCN1C(=O)/C(=C2C=C(/C=C3/Sc4ccccc4N3C)CC(C)(C)C\2)SC1=S. The standard InChI is InChI=1S/C22H24N2OS3/c1-5-24-20(25)19(28-21(24)26)15-10-14(12-22(2,3)13-15)11-18-23(4)16-8-6-7-9-17(16)27-18/h6-11H,5,12-13H2,1-4H3/b18-11+,19-15-. The molecule has 0 unspecified atom stereocenters. The molecule has 0 aromatic heterocycles. The van der Waals surface area contributed by atoms with Gasteiger partial charge in [-0.2, -0.15) is 0 Å². The normalized spacial score (nSPS) is 25.6. The number of fused-ring (bicyclic) bond motifs is 1. The monoisotopic (exact) mass is 428 g/mol. The molecule has 2 aliphatic heterocycles. The maximum atomic E-state index is 12.8. The van der Waals surface area contributed by atoms with Crippen LogP contribution < -0.4 is 4.90 Å². The number of anilines is 1. The molecule has 1 fully saturated rings. The number of benzene rings is 1. The maximum Gasteiger partial charge on any atom is 0.266 e. The van der Waals surface area contributed by atoms with Crippen LogP contribution in [-0.2, 0) is 4.79 Å². The Hall–Kier alpha value is -1.50. The van der Waals surface area contributed by atoms with E-state index < -0.39 is 0 Å². The summed E-state index contributed by atoms with van der Waals surface area (Å²) in [5.74, 6) is 0.0632. The van der Waals surface area contributed by atoms with Crippen LogP contribution in [0.1, 0.15) is 33.6 Å². The van der Waals surface area contributed by atoms with E-state index in [-0.39, 0.29) is 11.3 Å². The van der Waals surface area contributed by atoms with Crippen LogP contribution in [0.3, 0.4) is 0 Å². The van der Waals surface area contributed by atoms with Crippen LogP contribution in [0.25, 0.3) is 0 Å². The van der Waals surface area contributed by atoms with E-state index in [1.807, 2.05) is 6.92 Å². The molecule has 28 heavy (non-hydrogen) atoms. The second-order valence-electron chi connectivity index (χ2n) is 8.12. The summed E-state index contributed by atoms with van der Waals surface area (Å²) >= 11 is 8.67. The van der Waals surface area contributed by atoms with E-state index in [4.69, 9.17) is 12.2 Å². The highest BCUT2D eigenvalue weighted by Gasteiger charge is 2.36. The first-order valence-corrected chi connectivity index (χ1v) is 11.5. The quantitative estimate of drug-likeness (QED) is 0.428. The molecule has 3 aliphatic rings. The molecule has 0 atom stereocenters. The highest BCUT2D eigenvalue weighted by Crippen LogP contribution is 2.48. The van der Waals surface area contributed by atoms with Gasteiger partial charge in [0.2, 0.25) is 0 Å². The van der Waals surface area contributed by atoms with E-state index in [1.54, 1.807) is 16.7 Å². The van der Waals surface area contributed by atoms with Crippen molar-refractivity contribution in [2.75, 3.05) is 18.5 Å². The molecule has 1 saturated heterocycles. The van der Waals surface area contributed by atoms with Crippen LogP contribution in [0.5, 0.6) is 0 Å². The Bertz CT molecular complexity index is 958. The van der Waals surface area contributed by atoms with Gasteiger partial charge in [0.05, 0.1) is 15.6 Å². The van der Waals surface area contributed by atoms with Crippen molar-refractivity contribution in [1.82, 2.24) is 4.90 Å². The Morgan fingerprint density at radius 1 is 1.21 bits per heavy atom. The third-order valence-corrected chi connectivity index (χ3v) is 7.92. The van der Waals surface area contributed by atoms with E-state index in [9.17, 15) is 4.79 Å². The number of rotatable bonds is 2. The summed E-state index contributed by atoms with van der Waals surface area (Å²) in [7, 11) is 2.12. The first kappa shape index (κ1) is 19.8. The summed E-state index contributed by atoms with van der Waals surface area (Å²) in [5.41, 5.74) is 3.76. The predicted octanol–water partition coefficient (Wildman–Crippen LogP) is 5.95. The number of hydrogen-bond acceptors (Lipinski definition) is 5. The summed E-state index contributed by atoms with van der Waals surface area (Å²) in [5, 5.41) is 1.23. The number of likely N-dealkylation sites (N-methyl/N-ethyl adjacent to an activating group) is 1. The average Bonchev–Trinajstić information content (AvgIpc) is 3.10. The van der Waals surface area contributed by atoms with Crippen molar-refractivity contribution < 1.29 is 4.79 Å². The average molecular weight is 429 g/mol. The summed E-state index contributed by atoms with van der Waals surface area (Å²) in [6.45, 7) is 7.16. The van der Waals surface area contributed by atoms with E-state index in [0.29, 0.717) is 10.9 Å². The highest BCUT2D eigenvalue weighted by molar-refractivity contribution is 8.26. The van der Waals surface area contributed by atoms with Crippen molar-refractivity contribution in [2.45, 2.75) is 38.5 Å². The number of thioether (sulfide) groups is 2. The van der Waals surface area contributed by atoms with Gasteiger partial charge in [-0.25, -0.2) is 0 Å². The topological polar surface area (TPSA) is 23.6 Å². The van der Waals surface area contributed by atoms with Gasteiger partial charge in [0.1, 0.15) is 4.32 Å². The zero-order chi connectivity index (χ0) is 20.1. The van der Waals surface area contributed by atoms with Gasteiger partial charge in [-0.1, -0.05) is 67.8 Å². The fraction of sp³-hybridized carbons (Fsp3) is 0.364. The van der Waals surface area contributed by atoms with E-state index >= 15 is 0 Å². The molecule has 0 spiro atoms. The van der Waals surface area contributed by atoms with Gasteiger partial charge in [0, 0.05) is 18.5 Å². The Balaban J connectivity index is 1.71. The van der Waals surface area contributed by atoms with Gasteiger partial charge < -0.3 is 4.90 Å². The molecule has 0 N–H and O–H groups in total. The van der Waals surface area contributed by atoms with E-state index in [0.717, 1.165) is 23.3 Å². The van der Waals surface area contributed by atoms with Crippen molar-refractivity contribution in [3.8, 4) is 0 Å². The molecule has 146 valence electrons. The fourth-order valence-electron chi connectivity index (χ4n) is 3.97. The second-order valence-corrected chi connectivity index (χ2v) is 10.8. The minimum atomic E-state index is 0.0632. The molecule has 2 heterocycles. The number of hydrogen-bond donors (Lipinski definition) is 0. The Kier molecular flexibility index (Phi) is 5.23. The lowest BCUT2D eigenvalue weighted by Gasteiger charge is -2.31. The Morgan fingerprint density at radius 2 is 1.96 bits per heavy atom. The van der Waals surface area contributed by atoms with Crippen LogP contribution >= 0.6 is 35.7 Å². The van der Waals surface area contributed by atoms with Crippen LogP contribution in [0.15, 0.2) is 62.4 Å². The molecule has 3 nitrogen and oxygen atoms in total. The molecule has 1 amide bonds. The lowest BCUT2D eigenvalue weighted by Crippen LogP contribution is -2.28. The van der Waals surface area contributed by atoms with Crippen LogP contribution in [0, 0.1) is 5.41 Å². The first-order chi connectivity index (χ1) is 13.3. The van der Waals surface area contributed by atoms with Gasteiger partial charge in [-0.05, 0) is 54.5 Å². The number of carbonyl (C=O) groups excluding carboxylic acids is 1. The van der Waals surface area contributed by atoms with Crippen molar-refractivity contribution in [3.05, 3.63) is 57.5 Å². The zero-order valence-electron chi connectivity index (χ0n) is 16.6. The Labute approximate surface area is 180 Å². The molecule has 0 bridgehead atoms. The third kappa shape index (κ3) is 3.58. The van der Waals surface area contributed by atoms with Crippen molar-refractivity contribution in [2.24, 2.45) is 5.41 Å². The molecule has 1 aromatic rings. The summed E-state index contributed by atoms with van der Waals surface area (Å²) < 4.78 is 0.674. The second kappa shape index (κ2) is 7.39. The van der Waals surface area contributed by atoms with Crippen LogP contribution in [0.4, 0.5) is 5.69 Å². The zero-order valence-corrected chi connectivity index (χ0v) is 19.1. The minimum absolute atomic E-state index is 0.0632. The molecule has 0 radical (unpaired) electrons. The molecule has 6 heteroatoms. The van der Waals surface area contributed by atoms with Gasteiger partial charge in [-0.3, -0.25) is 9.69 Å². The molecular formula is C22H24N2OS3. The largest absolute Gasteiger partial charge is 0.338 e. The number of para-hydroxylation sites is 1. The first-order valence-electron chi connectivity index (χ1n) is 9.49. The lowest BCUT2D eigenvalue weighted by atomic mass is 9.75. The van der Waals surface area contributed by atoms with E-state index in [1.165, 1.54) is 32.9 Å². The van der Waals surface area contributed by atoms with Crippen molar-refractivity contribution in [3.63, 3.8) is 0 Å². The number of thiocarbonyl (C=S) groups is 1. The molecular weight excluding hydrogens is 404 g/mol. The summed E-state index contributed by atoms with van der Waals surface area (Å²) in [6, 6.07) is 8.48. The number of nitrogens with zero attached hydrogens (tertiary/aromatic N) is 2. The smallest absolute Gasteiger partial charge is 0.266 e. The van der Waals surface area contributed by atoms with Gasteiger partial charge in [-0.15, -0.1) is 0 Å².